The summed E-state index contributed by atoms with van der Waals surface area (Å²) >= 11 is 6.19. The number of hydrogen-bond acceptors (Lipinski definition) is 6. The molecule has 3 aromatic rings. The molecule has 0 saturated carbocycles. The number of rotatable bonds is 7. The molecule has 0 saturated heterocycles. The lowest BCUT2D eigenvalue weighted by molar-refractivity contribution is 0.292. The standard InChI is InChI=1S/C24H27ClN2O6S/c1-6-18-15(2)7-12-20(34(29,30)31)22(18)33-17-10-8-16(9-11-17)14-32-19-13-26-27(24(3,4)5)23(28)21(19)25/h7-13H,6,14H2,1-5H3,(H,29,30,31). The van der Waals surface area contributed by atoms with Gasteiger partial charge in [0.25, 0.3) is 15.7 Å². The summed E-state index contributed by atoms with van der Waals surface area (Å²) in [6.07, 6.45) is 1.94. The third kappa shape index (κ3) is 5.60. The molecule has 1 aromatic heterocycles. The molecule has 0 atom stereocenters. The molecule has 182 valence electrons. The van der Waals surface area contributed by atoms with E-state index in [0.717, 1.165) is 11.1 Å². The highest BCUT2D eigenvalue weighted by Crippen LogP contribution is 2.35. The molecule has 0 aliphatic carbocycles. The van der Waals surface area contributed by atoms with Crippen molar-refractivity contribution in [2.24, 2.45) is 0 Å². The summed E-state index contributed by atoms with van der Waals surface area (Å²) in [5.74, 6) is 0.672. The lowest BCUT2D eigenvalue weighted by Crippen LogP contribution is -2.36. The van der Waals surface area contributed by atoms with Gasteiger partial charge in [0.1, 0.15) is 17.3 Å². The second-order valence-corrected chi connectivity index (χ2v) is 10.5. The third-order valence-electron chi connectivity index (χ3n) is 5.15. The summed E-state index contributed by atoms with van der Waals surface area (Å²) in [6, 6.07) is 9.75. The molecule has 8 nitrogen and oxygen atoms in total. The van der Waals surface area contributed by atoms with Gasteiger partial charge in [-0.25, -0.2) is 4.68 Å². The van der Waals surface area contributed by atoms with Crippen molar-refractivity contribution in [2.75, 3.05) is 0 Å². The molecular formula is C24H27ClN2O6S. The highest BCUT2D eigenvalue weighted by atomic mass is 35.5. The zero-order valence-corrected chi connectivity index (χ0v) is 21.2. The molecule has 0 spiro atoms. The number of aromatic nitrogens is 2. The van der Waals surface area contributed by atoms with Gasteiger partial charge in [-0.15, -0.1) is 0 Å². The van der Waals surface area contributed by atoms with Crippen LogP contribution in [0.4, 0.5) is 0 Å². The number of ether oxygens (including phenoxy) is 2. The van der Waals surface area contributed by atoms with Gasteiger partial charge < -0.3 is 9.47 Å². The third-order valence-corrected chi connectivity index (χ3v) is 6.38. The number of benzene rings is 2. The van der Waals surface area contributed by atoms with Crippen LogP contribution < -0.4 is 15.0 Å². The first-order chi connectivity index (χ1) is 15.8. The maximum Gasteiger partial charge on any atom is 0.298 e. The number of hydrogen-bond donors (Lipinski definition) is 1. The lowest BCUT2D eigenvalue weighted by Gasteiger charge is -2.21. The van der Waals surface area contributed by atoms with Crippen molar-refractivity contribution in [3.05, 3.63) is 74.7 Å². The molecule has 0 bridgehead atoms. The molecule has 34 heavy (non-hydrogen) atoms. The summed E-state index contributed by atoms with van der Waals surface area (Å²) in [4.78, 5) is 12.2. The van der Waals surface area contributed by atoms with Gasteiger partial charge in [0.15, 0.2) is 16.5 Å². The summed E-state index contributed by atoms with van der Waals surface area (Å²) in [7, 11) is -4.46. The van der Waals surface area contributed by atoms with Crippen molar-refractivity contribution < 1.29 is 22.4 Å². The van der Waals surface area contributed by atoms with Gasteiger partial charge in [-0.2, -0.15) is 13.5 Å². The number of halogens is 1. The zero-order valence-electron chi connectivity index (χ0n) is 19.6. The van der Waals surface area contributed by atoms with E-state index in [2.05, 4.69) is 5.10 Å². The van der Waals surface area contributed by atoms with Crippen LogP contribution in [0.25, 0.3) is 0 Å². The van der Waals surface area contributed by atoms with Gasteiger partial charge in [0.05, 0.1) is 11.7 Å². The van der Waals surface area contributed by atoms with Crippen molar-refractivity contribution in [2.45, 2.75) is 58.1 Å². The van der Waals surface area contributed by atoms with E-state index in [1.807, 2.05) is 34.6 Å². The van der Waals surface area contributed by atoms with Crippen molar-refractivity contribution >= 4 is 21.7 Å². The molecule has 0 amide bonds. The molecular weight excluding hydrogens is 480 g/mol. The van der Waals surface area contributed by atoms with E-state index in [1.165, 1.54) is 16.9 Å². The van der Waals surface area contributed by atoms with Crippen LogP contribution in [0.2, 0.25) is 5.02 Å². The Morgan fingerprint density at radius 1 is 1.12 bits per heavy atom. The van der Waals surface area contributed by atoms with Crippen molar-refractivity contribution in [1.82, 2.24) is 9.78 Å². The molecule has 0 fully saturated rings. The first-order valence-corrected chi connectivity index (χ1v) is 12.4. The molecule has 0 unspecified atom stereocenters. The second-order valence-electron chi connectivity index (χ2n) is 8.76. The first-order valence-electron chi connectivity index (χ1n) is 10.6. The Hall–Kier alpha value is -2.88. The Labute approximate surface area is 203 Å². The van der Waals surface area contributed by atoms with E-state index in [1.54, 1.807) is 30.3 Å². The average molecular weight is 507 g/mol. The second kappa shape index (κ2) is 9.77. The first kappa shape index (κ1) is 25.7. The maximum atomic E-state index is 12.5. The summed E-state index contributed by atoms with van der Waals surface area (Å²) < 4.78 is 46.2. The predicted octanol–water partition coefficient (Wildman–Crippen LogP) is 5.14. The quantitative estimate of drug-likeness (QED) is 0.442. The van der Waals surface area contributed by atoms with Crippen molar-refractivity contribution in [1.29, 1.82) is 0 Å². The minimum atomic E-state index is -4.46. The smallest absolute Gasteiger partial charge is 0.298 e. The number of nitrogens with zero attached hydrogens (tertiary/aromatic N) is 2. The lowest BCUT2D eigenvalue weighted by atomic mass is 10.1. The van der Waals surface area contributed by atoms with Crippen molar-refractivity contribution in [3.8, 4) is 17.2 Å². The monoisotopic (exact) mass is 506 g/mol. The predicted molar refractivity (Wildman–Crippen MR) is 130 cm³/mol. The van der Waals surface area contributed by atoms with Crippen LogP contribution in [0.5, 0.6) is 17.2 Å². The largest absolute Gasteiger partial charge is 0.485 e. The fourth-order valence-corrected chi connectivity index (χ4v) is 4.21. The van der Waals surface area contributed by atoms with E-state index in [4.69, 9.17) is 21.1 Å². The van der Waals surface area contributed by atoms with E-state index < -0.39 is 21.2 Å². The molecule has 10 heteroatoms. The Morgan fingerprint density at radius 3 is 2.32 bits per heavy atom. The van der Waals surface area contributed by atoms with Crippen LogP contribution in [-0.2, 0) is 28.7 Å². The van der Waals surface area contributed by atoms with Crippen LogP contribution in [0.15, 0.2) is 52.3 Å². The Balaban J connectivity index is 1.80. The molecule has 1 N–H and O–H groups in total. The van der Waals surface area contributed by atoms with Crippen LogP contribution >= 0.6 is 11.6 Å². The number of aryl methyl sites for hydroxylation is 1. The van der Waals surface area contributed by atoms with Gasteiger partial charge in [-0.1, -0.05) is 36.7 Å². The zero-order chi connectivity index (χ0) is 25.3. The molecule has 0 radical (unpaired) electrons. The highest BCUT2D eigenvalue weighted by molar-refractivity contribution is 7.86. The summed E-state index contributed by atoms with van der Waals surface area (Å²) in [6.45, 7) is 9.40. The van der Waals surface area contributed by atoms with E-state index in [0.29, 0.717) is 17.7 Å². The van der Waals surface area contributed by atoms with E-state index >= 15 is 0 Å². The summed E-state index contributed by atoms with van der Waals surface area (Å²) in [5.41, 5.74) is 1.36. The maximum absolute atomic E-state index is 12.5. The topological polar surface area (TPSA) is 108 Å². The fourth-order valence-electron chi connectivity index (χ4n) is 3.39. The molecule has 0 aliphatic rings. The van der Waals surface area contributed by atoms with Crippen LogP contribution in [0.3, 0.4) is 0 Å². The van der Waals surface area contributed by atoms with Crippen LogP contribution in [-0.4, -0.2) is 22.8 Å². The van der Waals surface area contributed by atoms with Crippen LogP contribution in [0.1, 0.15) is 44.4 Å². The molecule has 1 heterocycles. The van der Waals surface area contributed by atoms with Gasteiger partial charge in [-0.05, 0) is 69.0 Å². The van der Waals surface area contributed by atoms with Gasteiger partial charge >= 0.3 is 0 Å². The van der Waals surface area contributed by atoms with E-state index in [-0.39, 0.29) is 28.0 Å². The minimum Gasteiger partial charge on any atom is -0.485 e. The normalized spacial score (nSPS) is 12.0. The van der Waals surface area contributed by atoms with E-state index in [9.17, 15) is 17.8 Å². The Bertz CT molecular complexity index is 1360. The van der Waals surface area contributed by atoms with Gasteiger partial charge in [0.2, 0.25) is 0 Å². The van der Waals surface area contributed by atoms with Crippen molar-refractivity contribution in [3.63, 3.8) is 0 Å². The average Bonchev–Trinajstić information content (AvgIpc) is 2.74. The minimum absolute atomic E-state index is 0.0471. The Kier molecular flexibility index (Phi) is 7.40. The molecule has 2 aromatic carbocycles. The van der Waals surface area contributed by atoms with Gasteiger partial charge in [0, 0.05) is 0 Å². The van der Waals surface area contributed by atoms with Gasteiger partial charge in [-0.3, -0.25) is 9.35 Å². The molecule has 0 aliphatic heterocycles. The Morgan fingerprint density at radius 2 is 1.76 bits per heavy atom. The van der Waals surface area contributed by atoms with Crippen LogP contribution in [0, 0.1) is 6.92 Å². The summed E-state index contributed by atoms with van der Waals surface area (Å²) in [5, 5.41) is 4.09. The highest BCUT2D eigenvalue weighted by Gasteiger charge is 2.22. The fraction of sp³-hybridized carbons (Fsp3) is 0.333. The SMILES string of the molecule is CCc1c(C)ccc(S(=O)(=O)O)c1Oc1ccc(COc2cnn(C(C)(C)C)c(=O)c2Cl)cc1. The molecule has 3 rings (SSSR count).